The van der Waals surface area contributed by atoms with Crippen LogP contribution in [-0.2, 0) is 0 Å². The van der Waals surface area contributed by atoms with Crippen molar-refractivity contribution in [3.63, 3.8) is 0 Å². The Balaban J connectivity index is 1.82. The van der Waals surface area contributed by atoms with E-state index in [1.54, 1.807) is 13.0 Å². The van der Waals surface area contributed by atoms with Crippen LogP contribution in [0.4, 0.5) is 20.2 Å². The molecule has 0 atom stereocenters. The largest absolute Gasteiger partial charge is 0.343 e. The smallest absolute Gasteiger partial charge is 0.184 e. The molecule has 0 fully saturated rings. The van der Waals surface area contributed by atoms with Gasteiger partial charge in [-0.3, -0.25) is 4.68 Å². The summed E-state index contributed by atoms with van der Waals surface area (Å²) in [7, 11) is 1.94. The molecule has 4 nitrogen and oxygen atoms in total. The maximum atomic E-state index is 14.1. The molecule has 0 aliphatic carbocycles. The number of halogens is 2. The van der Waals surface area contributed by atoms with E-state index in [0.717, 1.165) is 28.7 Å². The molecule has 2 heterocycles. The summed E-state index contributed by atoms with van der Waals surface area (Å²) in [4.78, 5) is 6.34. The molecule has 148 valence electrons. The Morgan fingerprint density at radius 2 is 1.76 bits per heavy atom. The average Bonchev–Trinajstić information content (AvgIpc) is 3.21. The van der Waals surface area contributed by atoms with Gasteiger partial charge in [-0.05, 0) is 51.1 Å². The fraction of sp³-hybridized carbons (Fsp3) is 0.217. The van der Waals surface area contributed by atoms with Crippen LogP contribution in [0.15, 0.2) is 54.7 Å². The van der Waals surface area contributed by atoms with Gasteiger partial charge >= 0.3 is 0 Å². The summed E-state index contributed by atoms with van der Waals surface area (Å²) in [5, 5.41) is 5.25. The van der Waals surface area contributed by atoms with Gasteiger partial charge in [-0.25, -0.2) is 13.8 Å². The second kappa shape index (κ2) is 7.28. The highest BCUT2D eigenvalue weighted by atomic mass is 19.2. The van der Waals surface area contributed by atoms with Gasteiger partial charge in [0.05, 0.1) is 22.8 Å². The lowest BCUT2D eigenvalue weighted by molar-refractivity contribution is 0.515. The van der Waals surface area contributed by atoms with Crippen LogP contribution >= 0.6 is 0 Å². The molecular weight excluding hydrogens is 370 g/mol. The quantitative estimate of drug-likeness (QED) is 0.425. The van der Waals surface area contributed by atoms with E-state index in [9.17, 15) is 8.78 Å². The molecule has 0 amide bonds. The number of hydrogen-bond acceptors (Lipinski definition) is 3. The van der Waals surface area contributed by atoms with Crippen LogP contribution in [0.2, 0.25) is 0 Å². The van der Waals surface area contributed by atoms with E-state index < -0.39 is 11.6 Å². The lowest BCUT2D eigenvalue weighted by Crippen LogP contribution is -2.13. The predicted octanol–water partition coefficient (Wildman–Crippen LogP) is 6.03. The maximum Gasteiger partial charge on any atom is 0.184 e. The van der Waals surface area contributed by atoms with Crippen molar-refractivity contribution in [2.45, 2.75) is 26.8 Å². The molecule has 0 aliphatic rings. The molecule has 6 heteroatoms. The molecule has 2 aromatic heterocycles. The van der Waals surface area contributed by atoms with E-state index in [2.05, 4.69) is 18.8 Å². The van der Waals surface area contributed by atoms with Crippen LogP contribution in [0, 0.1) is 18.6 Å². The van der Waals surface area contributed by atoms with Gasteiger partial charge < -0.3 is 4.90 Å². The number of nitrogens with zero attached hydrogens (tertiary/aromatic N) is 4. The molecule has 0 saturated carbocycles. The van der Waals surface area contributed by atoms with Crippen molar-refractivity contribution < 1.29 is 8.78 Å². The molecule has 4 rings (SSSR count). The zero-order valence-electron chi connectivity index (χ0n) is 16.8. The normalized spacial score (nSPS) is 11.4. The second-order valence-corrected chi connectivity index (χ2v) is 7.38. The summed E-state index contributed by atoms with van der Waals surface area (Å²) < 4.78 is 29.6. The fourth-order valence-electron chi connectivity index (χ4n) is 3.48. The number of fused-ring (bicyclic) bond motifs is 1. The minimum atomic E-state index is -0.917. The first-order valence-corrected chi connectivity index (χ1v) is 9.50. The van der Waals surface area contributed by atoms with Crippen molar-refractivity contribution in [2.75, 3.05) is 11.9 Å². The second-order valence-electron chi connectivity index (χ2n) is 7.38. The zero-order valence-corrected chi connectivity index (χ0v) is 16.8. The van der Waals surface area contributed by atoms with Crippen LogP contribution < -0.4 is 4.90 Å². The van der Waals surface area contributed by atoms with Gasteiger partial charge in [0.1, 0.15) is 5.52 Å². The minimum Gasteiger partial charge on any atom is -0.343 e. The van der Waals surface area contributed by atoms with Crippen LogP contribution in [0.5, 0.6) is 0 Å². The molecule has 0 aliphatic heterocycles. The van der Waals surface area contributed by atoms with Crippen molar-refractivity contribution in [3.8, 4) is 11.3 Å². The third kappa shape index (κ3) is 3.35. The highest BCUT2D eigenvalue weighted by Crippen LogP contribution is 2.36. The molecule has 0 unspecified atom stereocenters. The summed E-state index contributed by atoms with van der Waals surface area (Å²) in [6.45, 7) is 5.97. The van der Waals surface area contributed by atoms with Crippen molar-refractivity contribution >= 4 is 22.3 Å². The van der Waals surface area contributed by atoms with E-state index in [1.807, 2.05) is 59.2 Å². The maximum absolute atomic E-state index is 14.1. The van der Waals surface area contributed by atoms with E-state index in [4.69, 9.17) is 5.10 Å². The molecular formula is C23H22F2N4. The number of anilines is 2. The molecule has 29 heavy (non-hydrogen) atoms. The zero-order chi connectivity index (χ0) is 20.7. The minimum absolute atomic E-state index is 0.0450. The number of aryl methyl sites for hydroxylation is 1. The van der Waals surface area contributed by atoms with E-state index in [-0.39, 0.29) is 11.6 Å². The van der Waals surface area contributed by atoms with Gasteiger partial charge in [0.25, 0.3) is 0 Å². The predicted molar refractivity (Wildman–Crippen MR) is 113 cm³/mol. The average molecular weight is 392 g/mol. The SMILES string of the molecule is Cc1nc2c(F)c(F)ccc2cc1N(C)c1ccccc1-c1ccn(C(C)C)n1. The van der Waals surface area contributed by atoms with Crippen LogP contribution in [0.25, 0.3) is 22.2 Å². The summed E-state index contributed by atoms with van der Waals surface area (Å²) in [6, 6.07) is 14.8. The summed E-state index contributed by atoms with van der Waals surface area (Å²) in [6.07, 6.45) is 1.97. The van der Waals surface area contributed by atoms with Crippen molar-refractivity contribution in [1.29, 1.82) is 0 Å². The lowest BCUT2D eigenvalue weighted by Gasteiger charge is -2.24. The Hall–Kier alpha value is -3.28. The van der Waals surface area contributed by atoms with E-state index >= 15 is 0 Å². The highest BCUT2D eigenvalue weighted by molar-refractivity contribution is 5.87. The number of pyridine rings is 1. The first-order valence-electron chi connectivity index (χ1n) is 9.50. The van der Waals surface area contributed by atoms with Gasteiger partial charge in [-0.2, -0.15) is 5.10 Å². The van der Waals surface area contributed by atoms with E-state index in [1.165, 1.54) is 0 Å². The number of rotatable bonds is 4. The van der Waals surface area contributed by atoms with Gasteiger partial charge in [-0.1, -0.05) is 18.2 Å². The number of aromatic nitrogens is 3. The third-order valence-corrected chi connectivity index (χ3v) is 5.08. The third-order valence-electron chi connectivity index (χ3n) is 5.08. The van der Waals surface area contributed by atoms with Gasteiger partial charge in [0, 0.05) is 30.2 Å². The Bertz CT molecular complexity index is 1200. The molecule has 0 radical (unpaired) electrons. The topological polar surface area (TPSA) is 34.0 Å². The Kier molecular flexibility index (Phi) is 4.78. The summed E-state index contributed by atoms with van der Waals surface area (Å²) in [5.74, 6) is -1.81. The Morgan fingerprint density at radius 1 is 1.00 bits per heavy atom. The van der Waals surface area contributed by atoms with Crippen molar-refractivity contribution in [3.05, 3.63) is 72.1 Å². The van der Waals surface area contributed by atoms with Crippen LogP contribution in [0.1, 0.15) is 25.6 Å². The standard InChI is InChI=1S/C23H22F2N4/c1-14(2)29-12-11-19(27-29)17-7-5-6-8-20(17)28(4)21-13-16-9-10-18(24)22(25)23(16)26-15(21)3/h5-14H,1-4H3. The molecule has 4 aromatic rings. The van der Waals surface area contributed by atoms with Crippen LogP contribution in [-0.4, -0.2) is 21.8 Å². The van der Waals surface area contributed by atoms with Gasteiger partial charge in [0.15, 0.2) is 11.6 Å². The van der Waals surface area contributed by atoms with Crippen molar-refractivity contribution in [2.24, 2.45) is 0 Å². The fourth-order valence-corrected chi connectivity index (χ4v) is 3.48. The molecule has 0 bridgehead atoms. The molecule has 2 aromatic carbocycles. The first kappa shape index (κ1) is 19.1. The number of hydrogen-bond donors (Lipinski definition) is 0. The van der Waals surface area contributed by atoms with Gasteiger partial charge in [-0.15, -0.1) is 0 Å². The Morgan fingerprint density at radius 3 is 2.48 bits per heavy atom. The molecule has 0 saturated heterocycles. The van der Waals surface area contributed by atoms with E-state index in [0.29, 0.717) is 11.1 Å². The monoisotopic (exact) mass is 392 g/mol. The first-order chi connectivity index (χ1) is 13.9. The number of para-hydroxylation sites is 1. The number of benzene rings is 2. The lowest BCUT2D eigenvalue weighted by atomic mass is 10.1. The Labute approximate surface area is 168 Å². The van der Waals surface area contributed by atoms with Gasteiger partial charge in [0.2, 0.25) is 0 Å². The highest BCUT2D eigenvalue weighted by Gasteiger charge is 2.17. The summed E-state index contributed by atoms with van der Waals surface area (Å²) in [5.41, 5.74) is 4.29. The van der Waals surface area contributed by atoms with Crippen LogP contribution in [0.3, 0.4) is 0 Å². The molecule has 0 N–H and O–H groups in total. The molecule has 0 spiro atoms. The van der Waals surface area contributed by atoms with Crippen molar-refractivity contribution in [1.82, 2.24) is 14.8 Å². The summed E-state index contributed by atoms with van der Waals surface area (Å²) >= 11 is 0.